The van der Waals surface area contributed by atoms with E-state index in [0.29, 0.717) is 6.42 Å². The Morgan fingerprint density at radius 2 is 1.93 bits per heavy atom. The van der Waals surface area contributed by atoms with Gasteiger partial charge in [-0.1, -0.05) is 0 Å². The molecule has 2 atom stereocenters. The fraction of sp³-hybridized carbons (Fsp3) is 0.318. The quantitative estimate of drug-likeness (QED) is 0.413. The van der Waals surface area contributed by atoms with Crippen LogP contribution in [0.4, 0.5) is 0 Å². The molecule has 0 aliphatic heterocycles. The van der Waals surface area contributed by atoms with Crippen LogP contribution in [-0.4, -0.2) is 29.7 Å². The van der Waals surface area contributed by atoms with Crippen molar-refractivity contribution in [1.29, 1.82) is 0 Å². The van der Waals surface area contributed by atoms with Crippen molar-refractivity contribution in [2.24, 2.45) is 0 Å². The standard InChI is InChI=1S/C22H21ClN2OSe/c1-14-5-7-16(8-6-14)20(26)13-19(15-9-11-17(23)12-10-15)18-3-2-4-21-22(18)24-25-27-21/h5-12,18-19H,2-4,13H2,1H3/t18-,19-/m0/s1. The molecular formula is C22H21ClN2OSe. The Balaban J connectivity index is 1.68. The first-order chi connectivity index (χ1) is 13.1. The summed E-state index contributed by atoms with van der Waals surface area (Å²) in [6, 6.07) is 15.8. The van der Waals surface area contributed by atoms with Crippen molar-refractivity contribution in [1.82, 2.24) is 9.19 Å². The second-order valence-corrected chi connectivity index (χ2v) is 9.43. The molecule has 0 N–H and O–H groups in total. The number of halogens is 1. The Kier molecular flexibility index (Phi) is 5.58. The van der Waals surface area contributed by atoms with E-state index in [9.17, 15) is 4.79 Å². The molecule has 1 aliphatic carbocycles. The molecule has 0 fully saturated rings. The summed E-state index contributed by atoms with van der Waals surface area (Å²) < 4.78 is 5.74. The molecule has 5 heteroatoms. The predicted octanol–water partition coefficient (Wildman–Crippen LogP) is 4.97. The van der Waals surface area contributed by atoms with Gasteiger partial charge in [0, 0.05) is 0 Å². The molecule has 0 bridgehead atoms. The van der Waals surface area contributed by atoms with Gasteiger partial charge < -0.3 is 0 Å². The fourth-order valence-electron chi connectivity index (χ4n) is 3.94. The summed E-state index contributed by atoms with van der Waals surface area (Å²) in [4.78, 5) is 13.0. The number of ketones is 1. The van der Waals surface area contributed by atoms with Crippen molar-refractivity contribution >= 4 is 32.1 Å². The normalized spacial score (nSPS) is 17.3. The van der Waals surface area contributed by atoms with E-state index in [1.54, 1.807) is 0 Å². The molecule has 138 valence electrons. The van der Waals surface area contributed by atoms with E-state index in [4.69, 9.17) is 11.6 Å². The van der Waals surface area contributed by atoms with Gasteiger partial charge in [-0.3, -0.25) is 0 Å². The number of rotatable bonds is 5. The molecule has 1 heterocycles. The summed E-state index contributed by atoms with van der Waals surface area (Å²) in [7, 11) is 0. The minimum atomic E-state index is 0.106. The topological polar surface area (TPSA) is 42.9 Å². The maximum atomic E-state index is 13.0. The van der Waals surface area contributed by atoms with Gasteiger partial charge in [-0.2, -0.15) is 0 Å². The van der Waals surface area contributed by atoms with Crippen molar-refractivity contribution in [3.8, 4) is 0 Å². The molecule has 1 aliphatic rings. The van der Waals surface area contributed by atoms with Crippen LogP contribution in [0.5, 0.6) is 0 Å². The molecule has 0 saturated carbocycles. The Hall–Kier alpha value is -1.74. The molecule has 0 saturated heterocycles. The van der Waals surface area contributed by atoms with Crippen molar-refractivity contribution in [2.75, 3.05) is 0 Å². The van der Waals surface area contributed by atoms with Gasteiger partial charge in [0.1, 0.15) is 0 Å². The molecule has 3 aromatic rings. The number of Topliss-reactive ketones (excluding diaryl/α,β-unsaturated/α-hetero) is 1. The summed E-state index contributed by atoms with van der Waals surface area (Å²) in [6.07, 6.45) is 3.80. The number of carbonyl (C=O) groups is 1. The van der Waals surface area contributed by atoms with Crippen LogP contribution in [0.2, 0.25) is 5.02 Å². The predicted molar refractivity (Wildman–Crippen MR) is 109 cm³/mol. The summed E-state index contributed by atoms with van der Waals surface area (Å²) in [5, 5.41) is 5.21. The maximum absolute atomic E-state index is 13.0. The van der Waals surface area contributed by atoms with Gasteiger partial charge >= 0.3 is 171 Å². The van der Waals surface area contributed by atoms with Gasteiger partial charge in [0.25, 0.3) is 0 Å². The summed E-state index contributed by atoms with van der Waals surface area (Å²) >= 11 is 6.25. The second kappa shape index (κ2) is 8.10. The van der Waals surface area contributed by atoms with Crippen LogP contribution < -0.4 is 0 Å². The van der Waals surface area contributed by atoms with E-state index in [0.717, 1.165) is 46.7 Å². The SMILES string of the molecule is Cc1ccc(C(=O)C[C@@H](c2ccc(Cl)cc2)[C@@H]2CCCc3[se]nnc32)cc1. The van der Waals surface area contributed by atoms with Crippen LogP contribution in [-0.2, 0) is 6.42 Å². The van der Waals surface area contributed by atoms with Gasteiger partial charge in [0.2, 0.25) is 0 Å². The molecule has 0 spiro atoms. The third kappa shape index (κ3) is 4.08. The van der Waals surface area contributed by atoms with Crippen molar-refractivity contribution in [2.45, 2.75) is 44.4 Å². The Bertz CT molecular complexity index is 934. The van der Waals surface area contributed by atoms with Crippen molar-refractivity contribution in [3.05, 3.63) is 80.4 Å². The van der Waals surface area contributed by atoms with Crippen LogP contribution >= 0.6 is 11.6 Å². The van der Waals surface area contributed by atoms with Crippen LogP contribution in [0.1, 0.15) is 62.7 Å². The molecule has 0 amide bonds. The molecule has 4 rings (SSSR count). The third-order valence-corrected chi connectivity index (χ3v) is 7.34. The molecular weight excluding hydrogens is 423 g/mol. The second-order valence-electron chi connectivity index (χ2n) is 7.23. The van der Waals surface area contributed by atoms with E-state index in [1.165, 1.54) is 4.44 Å². The van der Waals surface area contributed by atoms with Crippen molar-refractivity contribution < 1.29 is 4.79 Å². The fourth-order valence-corrected chi connectivity index (χ4v) is 5.64. The molecule has 3 nitrogen and oxygen atoms in total. The molecule has 27 heavy (non-hydrogen) atoms. The van der Waals surface area contributed by atoms with Crippen molar-refractivity contribution in [3.63, 3.8) is 0 Å². The van der Waals surface area contributed by atoms with Gasteiger partial charge in [-0.25, -0.2) is 0 Å². The first-order valence-electron chi connectivity index (χ1n) is 9.28. The third-order valence-electron chi connectivity index (χ3n) is 5.42. The van der Waals surface area contributed by atoms with Crippen LogP contribution in [0.3, 0.4) is 0 Å². The van der Waals surface area contributed by atoms with Crippen LogP contribution in [0.15, 0.2) is 48.5 Å². The summed E-state index contributed by atoms with van der Waals surface area (Å²) in [5.41, 5.74) is 4.25. The molecule has 0 radical (unpaired) electrons. The first kappa shape index (κ1) is 18.6. The molecule has 1 aromatic heterocycles. The Labute approximate surface area is 170 Å². The summed E-state index contributed by atoms with van der Waals surface area (Å²) in [6.45, 7) is 2.04. The average molecular weight is 444 g/mol. The van der Waals surface area contributed by atoms with E-state index in [1.807, 2.05) is 43.3 Å². The Morgan fingerprint density at radius 1 is 1.19 bits per heavy atom. The number of nitrogens with zero attached hydrogens (tertiary/aromatic N) is 2. The Morgan fingerprint density at radius 3 is 2.67 bits per heavy atom. The van der Waals surface area contributed by atoms with Gasteiger partial charge in [-0.05, 0) is 0 Å². The number of hydrogen-bond acceptors (Lipinski definition) is 3. The number of aryl methyl sites for hydroxylation is 2. The van der Waals surface area contributed by atoms with E-state index in [-0.39, 0.29) is 32.4 Å². The number of carbonyl (C=O) groups excluding carboxylic acids is 1. The molecule has 0 unspecified atom stereocenters. The number of hydrogen-bond donors (Lipinski definition) is 0. The molecule has 2 aromatic carbocycles. The van der Waals surface area contributed by atoms with Crippen LogP contribution in [0, 0.1) is 6.92 Å². The monoisotopic (exact) mass is 444 g/mol. The average Bonchev–Trinajstić information content (AvgIpc) is 3.16. The number of benzene rings is 2. The first-order valence-corrected chi connectivity index (χ1v) is 11.3. The van der Waals surface area contributed by atoms with Crippen LogP contribution in [0.25, 0.3) is 0 Å². The van der Waals surface area contributed by atoms with E-state index < -0.39 is 0 Å². The van der Waals surface area contributed by atoms with Gasteiger partial charge in [0.05, 0.1) is 0 Å². The van der Waals surface area contributed by atoms with E-state index in [2.05, 4.69) is 21.3 Å². The van der Waals surface area contributed by atoms with Gasteiger partial charge in [0.15, 0.2) is 0 Å². The number of fused-ring (bicyclic) bond motifs is 1. The zero-order valence-corrected chi connectivity index (χ0v) is 17.7. The zero-order chi connectivity index (χ0) is 18.8. The number of aromatic nitrogens is 2. The summed E-state index contributed by atoms with van der Waals surface area (Å²) in [5.74, 6) is 0.551. The van der Waals surface area contributed by atoms with E-state index >= 15 is 0 Å². The zero-order valence-electron chi connectivity index (χ0n) is 15.2. The minimum absolute atomic E-state index is 0.106. The van der Waals surface area contributed by atoms with Gasteiger partial charge in [-0.15, -0.1) is 0 Å².